The average molecular weight is 423 g/mol. The molecule has 1 aliphatic heterocycles. The van der Waals surface area contributed by atoms with Crippen LogP contribution in [0, 0.1) is 12.3 Å². The number of thioether (sulfide) groups is 1. The number of ether oxygens (including phenoxy) is 3. The fourth-order valence-electron chi connectivity index (χ4n) is 2.65. The Bertz CT molecular complexity index is 1010. The third-order valence-corrected chi connectivity index (χ3v) is 4.82. The average Bonchev–Trinajstić information content (AvgIpc) is 3.08. The van der Waals surface area contributed by atoms with E-state index in [0.29, 0.717) is 34.8 Å². The van der Waals surface area contributed by atoms with Crippen molar-refractivity contribution in [1.29, 1.82) is 0 Å². The van der Waals surface area contributed by atoms with Gasteiger partial charge < -0.3 is 19.5 Å². The molecule has 0 aromatic heterocycles. The maximum atomic E-state index is 12.4. The van der Waals surface area contributed by atoms with Gasteiger partial charge >= 0.3 is 0 Å². The summed E-state index contributed by atoms with van der Waals surface area (Å²) in [6, 6.07) is 12.8. The Morgan fingerprint density at radius 3 is 2.53 bits per heavy atom. The molecule has 0 unspecified atom stereocenters. The molecule has 1 amide bonds. The highest BCUT2D eigenvalue weighted by Crippen LogP contribution is 2.32. The number of nitrogens with one attached hydrogen (secondary N) is 1. The Labute approximate surface area is 180 Å². The molecule has 30 heavy (non-hydrogen) atoms. The van der Waals surface area contributed by atoms with Crippen molar-refractivity contribution >= 4 is 34.6 Å². The summed E-state index contributed by atoms with van der Waals surface area (Å²) >= 11 is 1.28. The molecule has 1 fully saturated rings. The van der Waals surface area contributed by atoms with Gasteiger partial charge in [-0.3, -0.25) is 4.79 Å². The summed E-state index contributed by atoms with van der Waals surface area (Å²) in [6.45, 7) is 5.07. The number of aliphatic imine (C=N–C) groups is 1. The standard InChI is InChI=1S/C23H22N2O4S/c1-4-13-29-19-12-7-16(14-20(19)28-6-3)15-21-22(26)25-23(30-21)24-17-8-10-18(11-9-17)27-5-2/h1,7-12,14-15H,5-6,13H2,2-3H3,(H,24,25,26)/b21-15+. The number of terminal acetylenes is 1. The van der Waals surface area contributed by atoms with Gasteiger partial charge in [-0.2, -0.15) is 0 Å². The molecule has 0 saturated carbocycles. The molecule has 2 aromatic carbocycles. The first kappa shape index (κ1) is 21.3. The van der Waals surface area contributed by atoms with Crippen LogP contribution in [0.1, 0.15) is 19.4 Å². The monoisotopic (exact) mass is 422 g/mol. The van der Waals surface area contributed by atoms with Crippen molar-refractivity contribution in [3.8, 4) is 29.6 Å². The van der Waals surface area contributed by atoms with Crippen LogP contribution in [0.25, 0.3) is 6.08 Å². The van der Waals surface area contributed by atoms with E-state index in [4.69, 9.17) is 20.6 Å². The van der Waals surface area contributed by atoms with Crippen LogP contribution in [0.5, 0.6) is 17.2 Å². The van der Waals surface area contributed by atoms with Gasteiger partial charge in [-0.1, -0.05) is 12.0 Å². The first-order chi connectivity index (χ1) is 14.6. The van der Waals surface area contributed by atoms with Crippen LogP contribution in [0.3, 0.4) is 0 Å². The van der Waals surface area contributed by atoms with Gasteiger partial charge in [-0.25, -0.2) is 4.99 Å². The van der Waals surface area contributed by atoms with Crippen LogP contribution >= 0.6 is 11.8 Å². The van der Waals surface area contributed by atoms with Gasteiger partial charge in [0.05, 0.1) is 23.8 Å². The molecule has 7 heteroatoms. The second kappa shape index (κ2) is 10.4. The number of hydrogen-bond donors (Lipinski definition) is 1. The fraction of sp³-hybridized carbons (Fsp3) is 0.217. The van der Waals surface area contributed by atoms with Gasteiger partial charge in [0.1, 0.15) is 12.4 Å². The molecule has 2 aromatic rings. The van der Waals surface area contributed by atoms with Crippen LogP contribution in [-0.2, 0) is 4.79 Å². The van der Waals surface area contributed by atoms with E-state index in [0.717, 1.165) is 17.0 Å². The lowest BCUT2D eigenvalue weighted by Gasteiger charge is -2.11. The van der Waals surface area contributed by atoms with Gasteiger partial charge in [0.2, 0.25) is 0 Å². The molecular formula is C23H22N2O4S. The van der Waals surface area contributed by atoms with Crippen molar-refractivity contribution in [3.05, 3.63) is 52.9 Å². The van der Waals surface area contributed by atoms with Gasteiger partial charge in [-0.05, 0) is 73.6 Å². The minimum absolute atomic E-state index is 0.157. The van der Waals surface area contributed by atoms with E-state index in [1.807, 2.05) is 50.2 Å². The number of hydrogen-bond acceptors (Lipinski definition) is 6. The molecule has 1 aliphatic rings. The van der Waals surface area contributed by atoms with Gasteiger partial charge in [-0.15, -0.1) is 6.42 Å². The molecule has 1 N–H and O–H groups in total. The van der Waals surface area contributed by atoms with E-state index < -0.39 is 0 Å². The number of carbonyl (C=O) groups excluding carboxylic acids is 1. The fourth-order valence-corrected chi connectivity index (χ4v) is 3.50. The van der Waals surface area contributed by atoms with Gasteiger partial charge in [0, 0.05) is 0 Å². The van der Waals surface area contributed by atoms with Gasteiger partial charge in [0.15, 0.2) is 16.7 Å². The summed E-state index contributed by atoms with van der Waals surface area (Å²) in [5.74, 6) is 4.16. The first-order valence-corrected chi connectivity index (χ1v) is 10.3. The highest BCUT2D eigenvalue weighted by Gasteiger charge is 2.24. The molecule has 0 aliphatic carbocycles. The second-order valence-corrected chi connectivity index (χ2v) is 7.07. The molecule has 1 heterocycles. The maximum absolute atomic E-state index is 12.4. The quantitative estimate of drug-likeness (QED) is 0.505. The summed E-state index contributed by atoms with van der Waals surface area (Å²) in [5, 5.41) is 3.31. The van der Waals surface area contributed by atoms with Crippen molar-refractivity contribution in [2.24, 2.45) is 4.99 Å². The van der Waals surface area contributed by atoms with E-state index in [2.05, 4.69) is 16.2 Å². The zero-order valence-corrected chi connectivity index (χ0v) is 17.6. The maximum Gasteiger partial charge on any atom is 0.264 e. The molecule has 0 atom stereocenters. The molecule has 0 bridgehead atoms. The minimum Gasteiger partial charge on any atom is -0.494 e. The van der Waals surface area contributed by atoms with Crippen molar-refractivity contribution in [1.82, 2.24) is 5.32 Å². The smallest absolute Gasteiger partial charge is 0.264 e. The van der Waals surface area contributed by atoms with Crippen LogP contribution in [0.2, 0.25) is 0 Å². The van der Waals surface area contributed by atoms with Crippen molar-refractivity contribution < 1.29 is 19.0 Å². The normalized spacial score (nSPS) is 15.7. The van der Waals surface area contributed by atoms with Crippen molar-refractivity contribution in [3.63, 3.8) is 0 Å². The summed E-state index contributed by atoms with van der Waals surface area (Å²) in [6.07, 6.45) is 7.04. The number of nitrogens with zero attached hydrogens (tertiary/aromatic N) is 1. The van der Waals surface area contributed by atoms with E-state index >= 15 is 0 Å². The Kier molecular flexibility index (Phi) is 7.41. The Morgan fingerprint density at radius 1 is 1.07 bits per heavy atom. The molecular weight excluding hydrogens is 400 g/mol. The third-order valence-electron chi connectivity index (χ3n) is 3.91. The topological polar surface area (TPSA) is 69.2 Å². The van der Waals surface area contributed by atoms with E-state index in [-0.39, 0.29) is 12.5 Å². The largest absolute Gasteiger partial charge is 0.494 e. The molecule has 0 spiro atoms. The molecule has 1 saturated heterocycles. The summed E-state index contributed by atoms with van der Waals surface area (Å²) in [5.41, 5.74) is 1.54. The number of rotatable bonds is 8. The summed E-state index contributed by atoms with van der Waals surface area (Å²) in [4.78, 5) is 17.4. The lowest BCUT2D eigenvalue weighted by molar-refractivity contribution is -0.115. The highest BCUT2D eigenvalue weighted by atomic mass is 32.2. The number of amides is 1. The highest BCUT2D eigenvalue weighted by molar-refractivity contribution is 8.18. The predicted octanol–water partition coefficient (Wildman–Crippen LogP) is 4.39. The Balaban J connectivity index is 1.77. The molecule has 6 nitrogen and oxygen atoms in total. The summed E-state index contributed by atoms with van der Waals surface area (Å²) in [7, 11) is 0. The lowest BCUT2D eigenvalue weighted by Crippen LogP contribution is -2.19. The summed E-state index contributed by atoms with van der Waals surface area (Å²) < 4.78 is 16.6. The Hall–Kier alpha value is -3.37. The lowest BCUT2D eigenvalue weighted by atomic mass is 10.2. The van der Waals surface area contributed by atoms with Crippen LogP contribution in [0.15, 0.2) is 52.4 Å². The molecule has 3 rings (SSSR count). The van der Waals surface area contributed by atoms with Crippen LogP contribution in [0.4, 0.5) is 5.69 Å². The van der Waals surface area contributed by atoms with Crippen molar-refractivity contribution in [2.45, 2.75) is 13.8 Å². The van der Waals surface area contributed by atoms with Gasteiger partial charge in [0.25, 0.3) is 5.91 Å². The first-order valence-electron chi connectivity index (χ1n) is 9.48. The van der Waals surface area contributed by atoms with E-state index in [9.17, 15) is 4.79 Å². The number of carbonyl (C=O) groups is 1. The van der Waals surface area contributed by atoms with Crippen LogP contribution in [-0.4, -0.2) is 30.9 Å². The van der Waals surface area contributed by atoms with E-state index in [1.54, 1.807) is 12.1 Å². The second-order valence-electron chi connectivity index (χ2n) is 6.04. The molecule has 0 radical (unpaired) electrons. The van der Waals surface area contributed by atoms with E-state index in [1.165, 1.54) is 11.8 Å². The SMILES string of the molecule is C#CCOc1ccc(/C=C2/SC(=Nc3ccc(OCC)cc3)NC2=O)cc1OCC. The predicted molar refractivity (Wildman–Crippen MR) is 120 cm³/mol. The Morgan fingerprint density at radius 2 is 1.83 bits per heavy atom. The zero-order chi connectivity index (χ0) is 21.3. The third kappa shape index (κ3) is 5.58. The van der Waals surface area contributed by atoms with Crippen LogP contribution < -0.4 is 19.5 Å². The van der Waals surface area contributed by atoms with Crippen molar-refractivity contribution in [2.75, 3.05) is 19.8 Å². The zero-order valence-electron chi connectivity index (χ0n) is 16.8. The minimum atomic E-state index is -0.199. The molecule has 154 valence electrons. The number of amidine groups is 1. The number of benzene rings is 2.